The molecule has 1 unspecified atom stereocenters. The third kappa shape index (κ3) is 3.74. The molecule has 0 aliphatic rings. The van der Waals surface area contributed by atoms with Crippen molar-refractivity contribution >= 4 is 27.5 Å². The molecule has 0 saturated carbocycles. The minimum atomic E-state index is -0.0276. The lowest BCUT2D eigenvalue weighted by Gasteiger charge is -2.14. The van der Waals surface area contributed by atoms with Crippen molar-refractivity contribution in [3.05, 3.63) is 63.6 Å². The van der Waals surface area contributed by atoms with E-state index >= 15 is 0 Å². The number of halogens is 2. The van der Waals surface area contributed by atoms with Crippen molar-refractivity contribution in [3.8, 4) is 5.75 Å². The van der Waals surface area contributed by atoms with Crippen LogP contribution in [0.3, 0.4) is 0 Å². The van der Waals surface area contributed by atoms with Crippen LogP contribution in [0.25, 0.3) is 0 Å². The molecule has 0 bridgehead atoms. The van der Waals surface area contributed by atoms with Crippen molar-refractivity contribution in [3.63, 3.8) is 0 Å². The van der Waals surface area contributed by atoms with Crippen molar-refractivity contribution in [1.29, 1.82) is 0 Å². The molecule has 0 heterocycles. The second-order valence-electron chi connectivity index (χ2n) is 4.52. The van der Waals surface area contributed by atoms with Crippen LogP contribution < -0.4 is 4.74 Å². The minimum absolute atomic E-state index is 0.0276. The molecule has 19 heavy (non-hydrogen) atoms. The van der Waals surface area contributed by atoms with Crippen LogP contribution in [0.15, 0.2) is 46.9 Å². The highest BCUT2D eigenvalue weighted by atomic mass is 79.9. The lowest BCUT2D eigenvalue weighted by molar-refractivity contribution is 0.414. The van der Waals surface area contributed by atoms with Crippen LogP contribution in [-0.2, 0) is 6.42 Å². The number of aryl methyl sites for hydroxylation is 1. The highest BCUT2D eigenvalue weighted by Gasteiger charge is 2.12. The number of hydrogen-bond acceptors (Lipinski definition) is 1. The van der Waals surface area contributed by atoms with Gasteiger partial charge >= 0.3 is 0 Å². The summed E-state index contributed by atoms with van der Waals surface area (Å²) in [6, 6.07) is 14.2. The fourth-order valence-corrected chi connectivity index (χ4v) is 3.01. The molecule has 0 saturated heterocycles. The average Bonchev–Trinajstić information content (AvgIpc) is 2.38. The number of benzene rings is 2. The number of methoxy groups -OCH3 is 1. The predicted molar refractivity (Wildman–Crippen MR) is 84.2 cm³/mol. The SMILES string of the molecule is COc1cccc(CC(Cl)c2ccc(Br)cc2C)c1. The molecule has 0 aliphatic carbocycles. The number of ether oxygens (including phenoxy) is 1. The maximum atomic E-state index is 6.54. The summed E-state index contributed by atoms with van der Waals surface area (Å²) in [5.41, 5.74) is 3.56. The summed E-state index contributed by atoms with van der Waals surface area (Å²) < 4.78 is 6.31. The zero-order valence-electron chi connectivity index (χ0n) is 11.0. The summed E-state index contributed by atoms with van der Waals surface area (Å²) in [5.74, 6) is 0.869. The van der Waals surface area contributed by atoms with Crippen molar-refractivity contribution in [2.24, 2.45) is 0 Å². The van der Waals surface area contributed by atoms with Gasteiger partial charge in [-0.05, 0) is 54.3 Å². The van der Waals surface area contributed by atoms with Crippen LogP contribution in [-0.4, -0.2) is 7.11 Å². The highest BCUT2D eigenvalue weighted by Crippen LogP contribution is 2.30. The smallest absolute Gasteiger partial charge is 0.119 e. The van der Waals surface area contributed by atoms with Crippen molar-refractivity contribution in [2.75, 3.05) is 7.11 Å². The first-order valence-corrected chi connectivity index (χ1v) is 7.36. The standard InChI is InChI=1S/C16H16BrClO/c1-11-8-13(17)6-7-15(11)16(18)10-12-4-3-5-14(9-12)19-2/h3-9,16H,10H2,1-2H3. The zero-order valence-corrected chi connectivity index (χ0v) is 13.3. The van der Waals surface area contributed by atoms with E-state index in [1.165, 1.54) is 16.7 Å². The Labute approximate surface area is 127 Å². The van der Waals surface area contributed by atoms with E-state index < -0.39 is 0 Å². The van der Waals surface area contributed by atoms with Crippen LogP contribution in [0.2, 0.25) is 0 Å². The van der Waals surface area contributed by atoms with Gasteiger partial charge in [0.1, 0.15) is 5.75 Å². The van der Waals surface area contributed by atoms with E-state index in [1.54, 1.807) is 7.11 Å². The molecule has 2 aromatic rings. The van der Waals surface area contributed by atoms with Crippen LogP contribution in [0.4, 0.5) is 0 Å². The van der Waals surface area contributed by atoms with Gasteiger partial charge in [0.05, 0.1) is 12.5 Å². The quantitative estimate of drug-likeness (QED) is 0.688. The first kappa shape index (κ1) is 14.4. The Balaban J connectivity index is 2.17. The highest BCUT2D eigenvalue weighted by molar-refractivity contribution is 9.10. The van der Waals surface area contributed by atoms with Gasteiger partial charge in [0.25, 0.3) is 0 Å². The Morgan fingerprint density at radius 3 is 2.68 bits per heavy atom. The molecule has 0 fully saturated rings. The summed E-state index contributed by atoms with van der Waals surface area (Å²) in [4.78, 5) is 0. The lowest BCUT2D eigenvalue weighted by Crippen LogP contribution is -1.99. The van der Waals surface area contributed by atoms with Gasteiger partial charge in [0, 0.05) is 4.47 Å². The molecule has 0 aliphatic heterocycles. The molecule has 0 aromatic heterocycles. The minimum Gasteiger partial charge on any atom is -0.497 e. The second kappa shape index (κ2) is 6.44. The summed E-state index contributed by atoms with van der Waals surface area (Å²) in [7, 11) is 1.68. The summed E-state index contributed by atoms with van der Waals surface area (Å²) >= 11 is 10.0. The third-order valence-electron chi connectivity index (χ3n) is 3.12. The van der Waals surface area contributed by atoms with E-state index in [-0.39, 0.29) is 5.38 Å². The maximum absolute atomic E-state index is 6.54. The molecule has 100 valence electrons. The Morgan fingerprint density at radius 1 is 1.21 bits per heavy atom. The Kier molecular flexibility index (Phi) is 4.89. The van der Waals surface area contributed by atoms with Gasteiger partial charge in [0.2, 0.25) is 0 Å². The van der Waals surface area contributed by atoms with E-state index in [0.717, 1.165) is 16.6 Å². The molecule has 1 nitrogen and oxygen atoms in total. The average molecular weight is 340 g/mol. The zero-order chi connectivity index (χ0) is 13.8. The molecule has 0 spiro atoms. The molecular weight excluding hydrogens is 324 g/mol. The van der Waals surface area contributed by atoms with Crippen molar-refractivity contribution in [2.45, 2.75) is 18.7 Å². The predicted octanol–water partition coefficient (Wildman–Crippen LogP) is 5.29. The van der Waals surface area contributed by atoms with Gasteiger partial charge in [-0.1, -0.05) is 34.1 Å². The number of alkyl halides is 1. The van der Waals surface area contributed by atoms with E-state index in [9.17, 15) is 0 Å². The van der Waals surface area contributed by atoms with Crippen LogP contribution in [0.1, 0.15) is 22.1 Å². The summed E-state index contributed by atoms with van der Waals surface area (Å²) in [6.45, 7) is 2.08. The Hall–Kier alpha value is -0.990. The molecule has 0 N–H and O–H groups in total. The fourth-order valence-electron chi connectivity index (χ4n) is 2.11. The first-order chi connectivity index (χ1) is 9.10. The van der Waals surface area contributed by atoms with Crippen molar-refractivity contribution in [1.82, 2.24) is 0 Å². The molecule has 1 atom stereocenters. The van der Waals surface area contributed by atoms with Crippen LogP contribution in [0.5, 0.6) is 5.75 Å². The van der Waals surface area contributed by atoms with Gasteiger partial charge in [-0.15, -0.1) is 11.6 Å². The molecule has 2 rings (SSSR count). The monoisotopic (exact) mass is 338 g/mol. The Morgan fingerprint density at radius 2 is 2.00 bits per heavy atom. The normalized spacial score (nSPS) is 12.2. The molecule has 2 aromatic carbocycles. The van der Waals surface area contributed by atoms with Gasteiger partial charge in [-0.25, -0.2) is 0 Å². The van der Waals surface area contributed by atoms with Gasteiger partial charge < -0.3 is 4.74 Å². The second-order valence-corrected chi connectivity index (χ2v) is 5.97. The summed E-state index contributed by atoms with van der Waals surface area (Å²) in [6.07, 6.45) is 0.793. The summed E-state index contributed by atoms with van der Waals surface area (Å²) in [5, 5.41) is -0.0276. The van der Waals surface area contributed by atoms with Gasteiger partial charge in [-0.3, -0.25) is 0 Å². The van der Waals surface area contributed by atoms with E-state index in [4.69, 9.17) is 16.3 Å². The largest absolute Gasteiger partial charge is 0.497 e. The maximum Gasteiger partial charge on any atom is 0.119 e. The third-order valence-corrected chi connectivity index (χ3v) is 4.00. The molecule has 3 heteroatoms. The van der Waals surface area contributed by atoms with Crippen LogP contribution in [0, 0.1) is 6.92 Å². The fraction of sp³-hybridized carbons (Fsp3) is 0.250. The van der Waals surface area contributed by atoms with E-state index in [2.05, 4.69) is 41.1 Å². The Bertz CT molecular complexity index is 568. The topological polar surface area (TPSA) is 9.23 Å². The number of hydrogen-bond donors (Lipinski definition) is 0. The van der Waals surface area contributed by atoms with E-state index in [0.29, 0.717) is 0 Å². The molecular formula is C16H16BrClO. The van der Waals surface area contributed by atoms with Crippen LogP contribution >= 0.6 is 27.5 Å². The van der Waals surface area contributed by atoms with Crippen molar-refractivity contribution < 1.29 is 4.74 Å². The van der Waals surface area contributed by atoms with Gasteiger partial charge in [-0.2, -0.15) is 0 Å². The molecule has 0 radical (unpaired) electrons. The van der Waals surface area contributed by atoms with Gasteiger partial charge in [0.15, 0.2) is 0 Å². The van der Waals surface area contributed by atoms with E-state index in [1.807, 2.05) is 24.3 Å². The molecule has 0 amide bonds. The lowest BCUT2D eigenvalue weighted by atomic mass is 10.00. The first-order valence-electron chi connectivity index (χ1n) is 6.13. The number of rotatable bonds is 4.